The summed E-state index contributed by atoms with van der Waals surface area (Å²) in [5.74, 6) is -0.155. The van der Waals surface area contributed by atoms with Crippen LogP contribution in [0.25, 0.3) is 0 Å². The van der Waals surface area contributed by atoms with Crippen molar-refractivity contribution < 1.29 is 23.9 Å². The lowest BCUT2D eigenvalue weighted by atomic mass is 10.00. The van der Waals surface area contributed by atoms with Crippen LogP contribution in [0.4, 0.5) is 11.4 Å². The maximum absolute atomic E-state index is 13.2. The summed E-state index contributed by atoms with van der Waals surface area (Å²) in [5.41, 5.74) is 3.22. The minimum absolute atomic E-state index is 0.139. The van der Waals surface area contributed by atoms with Gasteiger partial charge in [-0.05, 0) is 48.0 Å². The summed E-state index contributed by atoms with van der Waals surface area (Å²) in [7, 11) is 1.34. The highest BCUT2D eigenvalue weighted by atomic mass is 16.5. The lowest BCUT2D eigenvalue weighted by Crippen LogP contribution is -2.33. The van der Waals surface area contributed by atoms with Crippen molar-refractivity contribution in [2.75, 3.05) is 30.5 Å². The van der Waals surface area contributed by atoms with E-state index in [4.69, 9.17) is 9.47 Å². The number of amides is 1. The molecule has 0 saturated heterocycles. The van der Waals surface area contributed by atoms with E-state index in [2.05, 4.69) is 11.9 Å². The van der Waals surface area contributed by atoms with Gasteiger partial charge in [0, 0.05) is 28.9 Å². The molecule has 1 N–H and O–H groups in total. The first-order chi connectivity index (χ1) is 20.0. The van der Waals surface area contributed by atoms with E-state index in [1.807, 2.05) is 78.9 Å². The van der Waals surface area contributed by atoms with Gasteiger partial charge in [-0.1, -0.05) is 79.4 Å². The normalized spacial score (nSPS) is 11.1. The first kappa shape index (κ1) is 28.8. The molecule has 7 nitrogen and oxygen atoms in total. The predicted octanol–water partition coefficient (Wildman–Crippen LogP) is 5.71. The third-order valence-corrected chi connectivity index (χ3v) is 6.48. The number of rotatable bonds is 13. The number of nitrogens with zero attached hydrogens (tertiary/aromatic N) is 1. The van der Waals surface area contributed by atoms with Crippen LogP contribution >= 0.6 is 0 Å². The first-order valence-electron chi connectivity index (χ1n) is 13.2. The molecule has 208 valence electrons. The van der Waals surface area contributed by atoms with Gasteiger partial charge in [0.05, 0.1) is 13.7 Å². The van der Waals surface area contributed by atoms with Gasteiger partial charge >= 0.3 is 5.97 Å². The monoisotopic (exact) mass is 548 g/mol. The van der Waals surface area contributed by atoms with Crippen LogP contribution in [0, 0.1) is 0 Å². The second kappa shape index (κ2) is 14.3. The van der Waals surface area contributed by atoms with Crippen molar-refractivity contribution in [2.45, 2.75) is 12.5 Å². The molecule has 0 heterocycles. The van der Waals surface area contributed by atoms with Crippen LogP contribution in [0.1, 0.15) is 21.5 Å². The fourth-order valence-electron chi connectivity index (χ4n) is 4.37. The second-order valence-corrected chi connectivity index (χ2v) is 9.19. The second-order valence-electron chi connectivity index (χ2n) is 9.19. The molecule has 0 fully saturated rings. The lowest BCUT2D eigenvalue weighted by Gasteiger charge is -2.21. The van der Waals surface area contributed by atoms with Crippen LogP contribution in [0.3, 0.4) is 0 Å². The number of para-hydroxylation sites is 2. The van der Waals surface area contributed by atoms with E-state index < -0.39 is 12.0 Å². The van der Waals surface area contributed by atoms with Gasteiger partial charge in [-0.3, -0.25) is 9.59 Å². The van der Waals surface area contributed by atoms with Gasteiger partial charge in [-0.25, -0.2) is 4.79 Å². The van der Waals surface area contributed by atoms with Crippen molar-refractivity contribution in [1.82, 2.24) is 0 Å². The number of anilines is 2. The number of carbonyl (C=O) groups is 3. The van der Waals surface area contributed by atoms with Crippen LogP contribution < -0.4 is 15.0 Å². The van der Waals surface area contributed by atoms with E-state index in [-0.39, 0.29) is 18.3 Å². The summed E-state index contributed by atoms with van der Waals surface area (Å²) < 4.78 is 10.9. The Hall–Kier alpha value is -5.17. The molecular weight excluding hydrogens is 516 g/mol. The largest absolute Gasteiger partial charge is 0.492 e. The van der Waals surface area contributed by atoms with Crippen LogP contribution in [0.5, 0.6) is 5.75 Å². The third-order valence-electron chi connectivity index (χ3n) is 6.48. The van der Waals surface area contributed by atoms with Crippen LogP contribution in [0.2, 0.25) is 0 Å². The van der Waals surface area contributed by atoms with Crippen LogP contribution in [0.15, 0.2) is 122 Å². The predicted molar refractivity (Wildman–Crippen MR) is 160 cm³/mol. The summed E-state index contributed by atoms with van der Waals surface area (Å²) in [6, 6.07) is 32.1. The molecule has 1 amide bonds. The molecule has 1 atom stereocenters. The minimum atomic E-state index is -0.721. The van der Waals surface area contributed by atoms with Crippen molar-refractivity contribution in [2.24, 2.45) is 0 Å². The number of ether oxygens (including phenoxy) is 2. The molecule has 4 aromatic carbocycles. The Morgan fingerprint density at radius 2 is 1.49 bits per heavy atom. The van der Waals surface area contributed by atoms with E-state index in [0.29, 0.717) is 35.5 Å². The molecule has 0 aliphatic carbocycles. The number of carbonyl (C=O) groups excluding carboxylic acids is 3. The van der Waals surface area contributed by atoms with Crippen LogP contribution in [-0.4, -0.2) is 44.0 Å². The molecule has 0 saturated carbocycles. The Kier molecular flexibility index (Phi) is 10.0. The molecule has 4 rings (SSSR count). The molecule has 4 aromatic rings. The highest BCUT2D eigenvalue weighted by Crippen LogP contribution is 2.22. The summed E-state index contributed by atoms with van der Waals surface area (Å²) in [6.07, 6.45) is 1.61. The molecule has 0 aromatic heterocycles. The molecule has 0 aliphatic rings. The number of nitrogens with one attached hydrogen (secondary N) is 1. The van der Waals surface area contributed by atoms with E-state index in [1.54, 1.807) is 35.2 Å². The highest BCUT2D eigenvalue weighted by molar-refractivity contribution is 6.12. The maximum Gasteiger partial charge on any atom is 0.328 e. The Bertz CT molecular complexity index is 1470. The number of esters is 1. The smallest absolute Gasteiger partial charge is 0.328 e. The van der Waals surface area contributed by atoms with Gasteiger partial charge in [-0.2, -0.15) is 0 Å². The molecule has 0 spiro atoms. The Labute approximate surface area is 240 Å². The summed E-state index contributed by atoms with van der Waals surface area (Å²) in [6.45, 7) is 4.23. The molecular formula is C34H32N2O5. The third kappa shape index (κ3) is 7.70. The number of benzene rings is 4. The molecule has 41 heavy (non-hydrogen) atoms. The number of ketones is 1. The molecule has 7 heteroatoms. The van der Waals surface area contributed by atoms with E-state index in [9.17, 15) is 14.4 Å². The molecule has 0 bridgehead atoms. The number of methoxy groups -OCH3 is 1. The van der Waals surface area contributed by atoms with Crippen molar-refractivity contribution in [1.29, 1.82) is 0 Å². The van der Waals surface area contributed by atoms with Gasteiger partial charge in [-0.15, -0.1) is 0 Å². The minimum Gasteiger partial charge on any atom is -0.492 e. The van der Waals surface area contributed by atoms with Gasteiger partial charge in [0.15, 0.2) is 5.78 Å². The average molecular weight is 549 g/mol. The Morgan fingerprint density at radius 1 is 0.854 bits per heavy atom. The molecule has 1 unspecified atom stereocenters. The fraction of sp³-hybridized carbons (Fsp3) is 0.147. The number of hydrogen-bond donors (Lipinski definition) is 1. The zero-order valence-corrected chi connectivity index (χ0v) is 22.9. The first-order valence-corrected chi connectivity index (χ1v) is 13.2. The van der Waals surface area contributed by atoms with Gasteiger partial charge in [0.25, 0.3) is 0 Å². The van der Waals surface area contributed by atoms with Crippen molar-refractivity contribution >= 4 is 29.0 Å². The van der Waals surface area contributed by atoms with Crippen LogP contribution in [-0.2, 0) is 20.7 Å². The standard InChI is InChI=1S/C34H32N2O5/c1-3-32(37)36(27-14-8-5-9-15-27)22-23-41-28-20-18-25(19-21-28)24-31(34(39)40-2)35-30-17-11-10-16-29(30)33(38)26-12-6-4-7-13-26/h3-21,31,35H,1,22-24H2,2H3. The quantitative estimate of drug-likeness (QED) is 0.131. The fourth-order valence-corrected chi connectivity index (χ4v) is 4.37. The summed E-state index contributed by atoms with van der Waals surface area (Å²) in [4.78, 5) is 39.8. The van der Waals surface area contributed by atoms with Crippen molar-refractivity contribution in [3.63, 3.8) is 0 Å². The van der Waals surface area contributed by atoms with E-state index in [1.165, 1.54) is 13.2 Å². The Morgan fingerprint density at radius 3 is 2.15 bits per heavy atom. The summed E-state index contributed by atoms with van der Waals surface area (Å²) in [5, 5.41) is 3.22. The molecule has 0 radical (unpaired) electrons. The highest BCUT2D eigenvalue weighted by Gasteiger charge is 2.22. The maximum atomic E-state index is 13.2. The average Bonchev–Trinajstić information content (AvgIpc) is 3.03. The van der Waals surface area contributed by atoms with Crippen molar-refractivity contribution in [3.05, 3.63) is 139 Å². The SMILES string of the molecule is C=CC(=O)N(CCOc1ccc(CC(Nc2ccccc2C(=O)c2ccccc2)C(=O)OC)cc1)c1ccccc1. The zero-order chi connectivity index (χ0) is 29.0. The van der Waals surface area contributed by atoms with Gasteiger partial charge in [0.2, 0.25) is 5.91 Å². The van der Waals surface area contributed by atoms with E-state index >= 15 is 0 Å². The van der Waals surface area contributed by atoms with Crippen molar-refractivity contribution in [3.8, 4) is 5.75 Å². The van der Waals surface area contributed by atoms with E-state index in [0.717, 1.165) is 11.3 Å². The molecule has 0 aliphatic heterocycles. The topological polar surface area (TPSA) is 84.9 Å². The Balaban J connectivity index is 1.41. The summed E-state index contributed by atoms with van der Waals surface area (Å²) >= 11 is 0. The van der Waals surface area contributed by atoms with Gasteiger partial charge in [0.1, 0.15) is 18.4 Å². The lowest BCUT2D eigenvalue weighted by molar-refractivity contribution is -0.141. The zero-order valence-electron chi connectivity index (χ0n) is 22.9. The van der Waals surface area contributed by atoms with Gasteiger partial charge < -0.3 is 19.7 Å². The number of hydrogen-bond acceptors (Lipinski definition) is 6.